The molecule has 4 aliphatic carbocycles. The third kappa shape index (κ3) is 8.44. The van der Waals surface area contributed by atoms with Crippen LogP contribution >= 0.6 is 0 Å². The van der Waals surface area contributed by atoms with Gasteiger partial charge in [-0.05, 0) is 55.9 Å². The van der Waals surface area contributed by atoms with Crippen LogP contribution in [0.3, 0.4) is 0 Å². The zero-order valence-electron chi connectivity index (χ0n) is 34.1. The molecule has 1 fully saturated rings. The highest BCUT2D eigenvalue weighted by molar-refractivity contribution is 6.09. The zero-order chi connectivity index (χ0) is 42.9. The highest BCUT2D eigenvalue weighted by Gasteiger charge is 2.67. The van der Waals surface area contributed by atoms with Crippen LogP contribution in [0.5, 0.6) is 0 Å². The van der Waals surface area contributed by atoms with Crippen molar-refractivity contribution in [2.24, 2.45) is 10.8 Å². The lowest BCUT2D eigenvalue weighted by Crippen LogP contribution is -2.50. The molecule has 2 aromatic carbocycles. The number of ketones is 1. The second-order valence-corrected chi connectivity index (χ2v) is 16.1. The minimum atomic E-state index is -1.62. The number of likely N-dealkylation sites (N-methyl/N-ethyl adjacent to an activating group) is 2. The summed E-state index contributed by atoms with van der Waals surface area (Å²) in [6.45, 7) is 5.11. The quantitative estimate of drug-likeness (QED) is 0.161. The van der Waals surface area contributed by atoms with Crippen molar-refractivity contribution in [2.45, 2.75) is 58.2 Å². The van der Waals surface area contributed by atoms with Gasteiger partial charge in [0.25, 0.3) is 0 Å². The molecule has 0 aromatic heterocycles. The fourth-order valence-electron chi connectivity index (χ4n) is 8.32. The summed E-state index contributed by atoms with van der Waals surface area (Å²) in [7, 11) is 2.98. The first kappa shape index (κ1) is 42.6. The molecule has 4 N–H and O–H groups in total. The first-order valence-electron chi connectivity index (χ1n) is 19.5. The molecule has 2 aromatic rings. The summed E-state index contributed by atoms with van der Waals surface area (Å²) < 4.78 is 16.8. The Balaban J connectivity index is 0.912. The number of ether oxygens (including phenoxy) is 3. The van der Waals surface area contributed by atoms with Crippen LogP contribution in [0.4, 0.5) is 9.59 Å². The normalized spacial score (nSPS) is 22.0. The molecule has 0 bridgehead atoms. The van der Waals surface area contributed by atoms with E-state index in [2.05, 4.69) is 16.0 Å². The number of carbonyl (C=O) groups is 7. The van der Waals surface area contributed by atoms with Gasteiger partial charge in [0.1, 0.15) is 31.5 Å². The number of amides is 5. The van der Waals surface area contributed by atoms with Crippen molar-refractivity contribution < 1.29 is 52.9 Å². The summed E-state index contributed by atoms with van der Waals surface area (Å²) in [4.78, 5) is 91.3. The van der Waals surface area contributed by atoms with E-state index in [1.54, 1.807) is 13.0 Å². The van der Waals surface area contributed by atoms with E-state index < -0.39 is 77.3 Å². The molecule has 4 aliphatic rings. The highest BCUT2D eigenvalue weighted by Crippen LogP contribution is 2.66. The Kier molecular flexibility index (Phi) is 12.0. The zero-order valence-corrected chi connectivity index (χ0v) is 34.1. The van der Waals surface area contributed by atoms with Crippen LogP contribution in [0, 0.1) is 10.8 Å². The van der Waals surface area contributed by atoms with Gasteiger partial charge in [-0.15, -0.1) is 0 Å². The Bertz CT molecular complexity index is 2090. The van der Waals surface area contributed by atoms with Gasteiger partial charge in [0.15, 0.2) is 5.78 Å². The number of esters is 1. The number of hydrogen-bond acceptors (Lipinski definition) is 11. The van der Waals surface area contributed by atoms with E-state index in [4.69, 9.17) is 14.2 Å². The van der Waals surface area contributed by atoms with Gasteiger partial charge < -0.3 is 45.1 Å². The number of nitrogens with zero attached hydrogens (tertiary/aromatic N) is 2. The number of benzene rings is 2. The molecular formula is C43H51N5O11. The molecule has 0 heterocycles. The van der Waals surface area contributed by atoms with Crippen LogP contribution in [0.25, 0.3) is 11.1 Å². The molecule has 314 valence electrons. The predicted molar refractivity (Wildman–Crippen MR) is 212 cm³/mol. The standard InChI is InChI=1S/C43H51N5O11/c1-25-36-31(37(53)42(4,56)43(25)15-16-43)19-41(3,24-58-26(2)49)38(36)59-40(55)48(6)18-17-47(5)35(52)22-45-33(50)20-44-34(51)21-46-39(54)57-23-32-29-13-9-7-11-27(29)28-12-8-10-14-30(28)32/h7-14,19,32,38,56H,15-18,20-24H2,1-6H3,(H,44,51)(H,45,50)(H,46,54)/t38-,41-,42-/m0/s1. The molecule has 16 nitrogen and oxygen atoms in total. The summed E-state index contributed by atoms with van der Waals surface area (Å²) in [5.41, 5.74) is 2.33. The second-order valence-electron chi connectivity index (χ2n) is 16.1. The van der Waals surface area contributed by atoms with Crippen LogP contribution in [-0.4, -0.2) is 128 Å². The Hall–Kier alpha value is -6.03. The van der Waals surface area contributed by atoms with E-state index in [9.17, 15) is 38.7 Å². The lowest BCUT2D eigenvalue weighted by Gasteiger charge is -2.40. The van der Waals surface area contributed by atoms with Gasteiger partial charge in [-0.25, -0.2) is 9.59 Å². The largest absolute Gasteiger partial charge is 0.465 e. The van der Waals surface area contributed by atoms with E-state index >= 15 is 0 Å². The van der Waals surface area contributed by atoms with Crippen molar-refractivity contribution >= 4 is 41.7 Å². The molecule has 16 heteroatoms. The number of nitrogens with one attached hydrogen (secondary N) is 3. The molecule has 0 radical (unpaired) electrons. The average molecular weight is 814 g/mol. The van der Waals surface area contributed by atoms with Crippen molar-refractivity contribution in [2.75, 3.05) is 60.0 Å². The van der Waals surface area contributed by atoms with Crippen molar-refractivity contribution in [1.82, 2.24) is 25.8 Å². The van der Waals surface area contributed by atoms with Crippen LogP contribution in [-0.2, 0) is 38.2 Å². The number of fused-ring (bicyclic) bond motifs is 4. The van der Waals surface area contributed by atoms with Crippen LogP contribution in [0.1, 0.15) is 57.6 Å². The van der Waals surface area contributed by atoms with Crippen LogP contribution < -0.4 is 16.0 Å². The van der Waals surface area contributed by atoms with Crippen LogP contribution in [0.15, 0.2) is 71.3 Å². The number of Topliss-reactive ketones (excluding diaryl/α,β-unsaturated/α-hetero) is 1. The molecule has 1 spiro atoms. The smallest absolute Gasteiger partial charge is 0.410 e. The molecule has 0 aliphatic heterocycles. The Morgan fingerprint density at radius 2 is 1.37 bits per heavy atom. The van der Waals surface area contributed by atoms with Gasteiger partial charge in [0, 0.05) is 56.6 Å². The molecule has 0 unspecified atom stereocenters. The molecule has 0 saturated heterocycles. The minimum absolute atomic E-state index is 0.0467. The number of carbonyl (C=O) groups excluding carboxylic acids is 7. The van der Waals surface area contributed by atoms with Crippen molar-refractivity contribution in [1.29, 1.82) is 0 Å². The van der Waals surface area contributed by atoms with Gasteiger partial charge in [0.2, 0.25) is 17.7 Å². The summed E-state index contributed by atoms with van der Waals surface area (Å²) in [6.07, 6.45) is 0.323. The summed E-state index contributed by atoms with van der Waals surface area (Å²) in [5.74, 6) is -2.88. The summed E-state index contributed by atoms with van der Waals surface area (Å²) >= 11 is 0. The van der Waals surface area contributed by atoms with E-state index in [-0.39, 0.29) is 44.3 Å². The maximum Gasteiger partial charge on any atom is 0.410 e. The maximum atomic E-state index is 13.6. The van der Waals surface area contributed by atoms with E-state index in [1.807, 2.05) is 55.5 Å². The number of aliphatic hydroxyl groups is 1. The maximum absolute atomic E-state index is 13.6. The molecule has 6 rings (SSSR count). The average Bonchev–Trinajstić information content (AvgIpc) is 3.91. The number of hydrogen-bond donors (Lipinski definition) is 4. The SMILES string of the molecule is CC(=O)OC[C@]1(C)C=C2C(=O)[C@](C)(O)C3(CC3)C(C)=C2[C@@H]1OC(=O)N(C)CCN(C)C(=O)CNC(=O)CNC(=O)CNC(=O)OCC1c2ccccc2-c2ccccc21. The first-order chi connectivity index (χ1) is 27.9. The van der Waals surface area contributed by atoms with Gasteiger partial charge in [-0.3, -0.25) is 24.0 Å². The molecule has 59 heavy (non-hydrogen) atoms. The third-order valence-corrected chi connectivity index (χ3v) is 12.0. The van der Waals surface area contributed by atoms with Crippen LogP contribution in [0.2, 0.25) is 0 Å². The molecule has 3 atom stereocenters. The van der Waals surface area contributed by atoms with E-state index in [1.165, 1.54) is 37.7 Å². The molecule has 5 amide bonds. The number of alkyl carbamates (subject to hydrolysis) is 1. The lowest BCUT2D eigenvalue weighted by molar-refractivity contribution is -0.145. The second kappa shape index (κ2) is 16.7. The highest BCUT2D eigenvalue weighted by atomic mass is 16.6. The lowest BCUT2D eigenvalue weighted by atomic mass is 9.67. The Morgan fingerprint density at radius 1 is 0.814 bits per heavy atom. The predicted octanol–water partition coefficient (Wildman–Crippen LogP) is 2.59. The minimum Gasteiger partial charge on any atom is -0.465 e. The van der Waals surface area contributed by atoms with Crippen molar-refractivity contribution in [3.05, 3.63) is 82.5 Å². The van der Waals surface area contributed by atoms with Gasteiger partial charge in [0.05, 0.1) is 18.5 Å². The first-order valence-corrected chi connectivity index (χ1v) is 19.5. The van der Waals surface area contributed by atoms with Gasteiger partial charge >= 0.3 is 18.2 Å². The summed E-state index contributed by atoms with van der Waals surface area (Å²) in [5, 5.41) is 18.5. The Morgan fingerprint density at radius 3 is 1.97 bits per heavy atom. The van der Waals surface area contributed by atoms with Gasteiger partial charge in [-0.2, -0.15) is 0 Å². The fraction of sp³-hybridized carbons (Fsp3) is 0.465. The van der Waals surface area contributed by atoms with Gasteiger partial charge in [-0.1, -0.05) is 60.2 Å². The monoisotopic (exact) mass is 813 g/mol. The van der Waals surface area contributed by atoms with Crippen molar-refractivity contribution in [3.8, 4) is 11.1 Å². The molecule has 1 saturated carbocycles. The molecular weight excluding hydrogens is 762 g/mol. The topological polar surface area (TPSA) is 210 Å². The number of rotatable bonds is 14. The van der Waals surface area contributed by atoms with E-state index in [0.717, 1.165) is 27.8 Å². The third-order valence-electron chi connectivity index (χ3n) is 12.0. The van der Waals surface area contributed by atoms with Crippen molar-refractivity contribution in [3.63, 3.8) is 0 Å². The Labute approximate surface area is 342 Å². The van der Waals surface area contributed by atoms with E-state index in [0.29, 0.717) is 18.4 Å². The summed E-state index contributed by atoms with van der Waals surface area (Å²) in [6, 6.07) is 15.8. The fourth-order valence-corrected chi connectivity index (χ4v) is 8.32.